The Labute approximate surface area is 188 Å². The van der Waals surface area contributed by atoms with Gasteiger partial charge in [0.1, 0.15) is 0 Å². The van der Waals surface area contributed by atoms with Crippen molar-refractivity contribution in [2.24, 2.45) is 0 Å². The molecule has 0 aliphatic carbocycles. The van der Waals surface area contributed by atoms with Gasteiger partial charge in [0, 0.05) is 38.4 Å². The fourth-order valence-corrected chi connectivity index (χ4v) is 4.18. The van der Waals surface area contributed by atoms with E-state index in [2.05, 4.69) is 33.3 Å². The number of Topliss-reactive ketones (excluding diaryl/α,β-unsaturated/α-hetero) is 1. The maximum Gasteiger partial charge on any atom is 0.292 e. The highest BCUT2D eigenvalue weighted by atomic mass is 16.2. The van der Waals surface area contributed by atoms with Crippen LogP contribution in [0.2, 0.25) is 0 Å². The van der Waals surface area contributed by atoms with Crippen molar-refractivity contribution in [3.63, 3.8) is 0 Å². The van der Waals surface area contributed by atoms with E-state index in [-0.39, 0.29) is 0 Å². The van der Waals surface area contributed by atoms with Crippen LogP contribution in [0, 0.1) is 13.8 Å². The van der Waals surface area contributed by atoms with Gasteiger partial charge in [0.25, 0.3) is 11.7 Å². The zero-order valence-electron chi connectivity index (χ0n) is 18.8. The van der Waals surface area contributed by atoms with E-state index in [1.165, 1.54) is 0 Å². The standard InChI is InChI=1S/C25H29N5O2/c1-18-23(19(2)30(27-18)21-10-5-4-6-11-21)24(31)25(32)26-17-20-9-7-8-12-22(20)29-15-13-28(3)14-16-29/h4-12H,13-17H2,1-3H3,(H,26,32). The molecule has 2 aromatic carbocycles. The number of nitrogens with zero attached hydrogens (tertiary/aromatic N) is 4. The number of hydrogen-bond acceptors (Lipinski definition) is 5. The third-order valence-corrected chi connectivity index (χ3v) is 6.00. The first-order chi connectivity index (χ1) is 15.5. The number of aromatic nitrogens is 2. The summed E-state index contributed by atoms with van der Waals surface area (Å²) in [5.74, 6) is -1.17. The monoisotopic (exact) mass is 431 g/mol. The van der Waals surface area contributed by atoms with Crippen LogP contribution in [0.25, 0.3) is 5.69 Å². The minimum absolute atomic E-state index is 0.304. The number of nitrogens with one attached hydrogen (secondary N) is 1. The van der Waals surface area contributed by atoms with E-state index >= 15 is 0 Å². The SMILES string of the molecule is Cc1nn(-c2ccccc2)c(C)c1C(=O)C(=O)NCc1ccccc1N1CCN(C)CC1. The van der Waals surface area contributed by atoms with Gasteiger partial charge in [0.15, 0.2) is 0 Å². The van der Waals surface area contributed by atoms with Crippen LogP contribution < -0.4 is 10.2 Å². The summed E-state index contributed by atoms with van der Waals surface area (Å²) in [4.78, 5) is 30.4. The molecule has 2 heterocycles. The van der Waals surface area contributed by atoms with Gasteiger partial charge in [-0.25, -0.2) is 4.68 Å². The largest absolute Gasteiger partial charge is 0.369 e. The number of amides is 1. The van der Waals surface area contributed by atoms with Crippen LogP contribution in [0.1, 0.15) is 27.3 Å². The number of carbonyl (C=O) groups is 2. The van der Waals surface area contributed by atoms with Gasteiger partial charge < -0.3 is 15.1 Å². The van der Waals surface area contributed by atoms with Gasteiger partial charge in [-0.15, -0.1) is 0 Å². The van der Waals surface area contributed by atoms with Gasteiger partial charge in [-0.05, 0) is 44.7 Å². The van der Waals surface area contributed by atoms with E-state index < -0.39 is 11.7 Å². The number of hydrogen-bond donors (Lipinski definition) is 1. The Kier molecular flexibility index (Phi) is 6.37. The predicted molar refractivity (Wildman–Crippen MR) is 125 cm³/mol. The highest BCUT2D eigenvalue weighted by Crippen LogP contribution is 2.22. The molecule has 0 spiro atoms. The molecule has 1 aliphatic rings. The first-order valence-corrected chi connectivity index (χ1v) is 10.9. The van der Waals surface area contributed by atoms with Crippen molar-refractivity contribution >= 4 is 17.4 Å². The fraction of sp³-hybridized carbons (Fsp3) is 0.320. The van der Waals surface area contributed by atoms with Crippen LogP contribution in [0.5, 0.6) is 0 Å². The second-order valence-electron chi connectivity index (χ2n) is 8.22. The first-order valence-electron chi connectivity index (χ1n) is 10.9. The number of ketones is 1. The molecule has 0 bridgehead atoms. The molecule has 0 unspecified atom stereocenters. The molecule has 1 amide bonds. The Balaban J connectivity index is 1.48. The molecule has 166 valence electrons. The number of piperazine rings is 1. The molecule has 3 aromatic rings. The van der Waals surface area contributed by atoms with Crippen molar-refractivity contribution in [3.8, 4) is 5.69 Å². The van der Waals surface area contributed by atoms with E-state index in [4.69, 9.17) is 0 Å². The van der Waals surface area contributed by atoms with Crippen LogP contribution in [0.3, 0.4) is 0 Å². The van der Waals surface area contributed by atoms with Crippen molar-refractivity contribution in [3.05, 3.63) is 77.1 Å². The Hall–Kier alpha value is -3.45. The quantitative estimate of drug-likeness (QED) is 0.480. The second-order valence-corrected chi connectivity index (χ2v) is 8.22. The van der Waals surface area contributed by atoms with Crippen molar-refractivity contribution in [2.75, 3.05) is 38.1 Å². The third kappa shape index (κ3) is 4.43. The zero-order chi connectivity index (χ0) is 22.7. The van der Waals surface area contributed by atoms with Crippen molar-refractivity contribution in [1.29, 1.82) is 0 Å². The van der Waals surface area contributed by atoms with E-state index in [0.29, 0.717) is 23.5 Å². The molecule has 0 atom stereocenters. The Morgan fingerprint density at radius 3 is 2.31 bits per heavy atom. The van der Waals surface area contributed by atoms with E-state index in [0.717, 1.165) is 43.1 Å². The lowest BCUT2D eigenvalue weighted by Crippen LogP contribution is -2.45. The normalized spacial score (nSPS) is 14.4. The van der Waals surface area contributed by atoms with E-state index in [1.54, 1.807) is 11.6 Å². The summed E-state index contributed by atoms with van der Waals surface area (Å²) in [6, 6.07) is 17.6. The van der Waals surface area contributed by atoms with Crippen LogP contribution >= 0.6 is 0 Å². The van der Waals surface area contributed by atoms with Crippen molar-refractivity contribution in [2.45, 2.75) is 20.4 Å². The third-order valence-electron chi connectivity index (χ3n) is 6.00. The molecule has 7 nitrogen and oxygen atoms in total. The topological polar surface area (TPSA) is 70.5 Å². The number of likely N-dealkylation sites (N-methyl/N-ethyl adjacent to an activating group) is 1. The molecular weight excluding hydrogens is 402 g/mol. The Morgan fingerprint density at radius 2 is 1.59 bits per heavy atom. The van der Waals surface area contributed by atoms with Crippen LogP contribution in [0.4, 0.5) is 5.69 Å². The summed E-state index contributed by atoms with van der Waals surface area (Å²) in [5, 5.41) is 7.32. The molecule has 1 aromatic heterocycles. The summed E-state index contributed by atoms with van der Waals surface area (Å²) >= 11 is 0. The molecule has 1 saturated heterocycles. The Morgan fingerprint density at radius 1 is 0.938 bits per heavy atom. The summed E-state index contributed by atoms with van der Waals surface area (Å²) in [6.45, 7) is 7.77. The van der Waals surface area contributed by atoms with Crippen LogP contribution in [-0.2, 0) is 11.3 Å². The van der Waals surface area contributed by atoms with Crippen molar-refractivity contribution in [1.82, 2.24) is 20.0 Å². The molecule has 0 saturated carbocycles. The highest BCUT2D eigenvalue weighted by molar-refractivity contribution is 6.43. The van der Waals surface area contributed by atoms with Gasteiger partial charge in [0.2, 0.25) is 0 Å². The van der Waals surface area contributed by atoms with E-state index in [9.17, 15) is 9.59 Å². The average molecular weight is 432 g/mol. The summed E-state index contributed by atoms with van der Waals surface area (Å²) < 4.78 is 1.71. The molecule has 4 rings (SSSR count). The maximum atomic E-state index is 13.0. The van der Waals surface area contributed by atoms with Gasteiger partial charge in [-0.3, -0.25) is 9.59 Å². The summed E-state index contributed by atoms with van der Waals surface area (Å²) in [6.07, 6.45) is 0. The van der Waals surface area contributed by atoms with Gasteiger partial charge in [0.05, 0.1) is 22.6 Å². The van der Waals surface area contributed by atoms with Gasteiger partial charge >= 0.3 is 0 Å². The highest BCUT2D eigenvalue weighted by Gasteiger charge is 2.25. The summed E-state index contributed by atoms with van der Waals surface area (Å²) in [7, 11) is 2.12. The van der Waals surface area contributed by atoms with Crippen LogP contribution in [-0.4, -0.2) is 59.6 Å². The second kappa shape index (κ2) is 9.36. The number of benzene rings is 2. The first kappa shape index (κ1) is 21.8. The summed E-state index contributed by atoms with van der Waals surface area (Å²) in [5.41, 5.74) is 4.53. The number of anilines is 1. The number of carbonyl (C=O) groups excluding carboxylic acids is 2. The maximum absolute atomic E-state index is 13.0. The Bertz CT molecular complexity index is 1110. The number of aryl methyl sites for hydroxylation is 1. The molecule has 1 aliphatic heterocycles. The number of rotatable bonds is 6. The fourth-order valence-electron chi connectivity index (χ4n) is 4.18. The zero-order valence-corrected chi connectivity index (χ0v) is 18.8. The van der Waals surface area contributed by atoms with E-state index in [1.807, 2.05) is 55.5 Å². The molecule has 1 fully saturated rings. The smallest absolute Gasteiger partial charge is 0.292 e. The minimum atomic E-state index is -0.614. The van der Waals surface area contributed by atoms with Gasteiger partial charge in [-0.1, -0.05) is 36.4 Å². The molecule has 1 N–H and O–H groups in total. The molecular formula is C25H29N5O2. The predicted octanol–water partition coefficient (Wildman–Crippen LogP) is 2.74. The van der Waals surface area contributed by atoms with Gasteiger partial charge in [-0.2, -0.15) is 5.10 Å². The van der Waals surface area contributed by atoms with Crippen LogP contribution in [0.15, 0.2) is 54.6 Å². The lowest BCUT2D eigenvalue weighted by molar-refractivity contribution is -0.117. The average Bonchev–Trinajstić information content (AvgIpc) is 3.12. The number of para-hydroxylation sites is 2. The minimum Gasteiger partial charge on any atom is -0.369 e. The molecule has 7 heteroatoms. The lowest BCUT2D eigenvalue weighted by Gasteiger charge is -2.35. The lowest BCUT2D eigenvalue weighted by atomic mass is 10.1. The molecule has 0 radical (unpaired) electrons. The molecule has 32 heavy (non-hydrogen) atoms. The van der Waals surface area contributed by atoms with Crippen molar-refractivity contribution < 1.29 is 9.59 Å².